The molecule has 174 valence electrons. The molecule has 0 unspecified atom stereocenters. The van der Waals surface area contributed by atoms with Crippen LogP contribution in [-0.2, 0) is 21.4 Å². The molecular weight excluding hydrogens is 448 g/mol. The second-order valence-corrected chi connectivity index (χ2v) is 9.16. The summed E-state index contributed by atoms with van der Waals surface area (Å²) >= 11 is 0. The summed E-state index contributed by atoms with van der Waals surface area (Å²) in [6, 6.07) is 16.4. The minimum absolute atomic E-state index is 0.119. The zero-order valence-electron chi connectivity index (χ0n) is 18.0. The van der Waals surface area contributed by atoms with Gasteiger partial charge >= 0.3 is 0 Å². The number of anilines is 1. The van der Waals surface area contributed by atoms with E-state index in [1.165, 1.54) is 16.4 Å². The number of carbonyl (C=O) groups excluding carboxylic acids is 1. The van der Waals surface area contributed by atoms with E-state index < -0.39 is 15.9 Å². The predicted octanol–water partition coefficient (Wildman–Crippen LogP) is 3.14. The molecule has 3 aromatic rings. The monoisotopic (exact) mass is 472 g/mol. The van der Waals surface area contributed by atoms with Crippen LogP contribution in [0.15, 0.2) is 70.0 Å². The molecular formula is C23H24N2O7S. The van der Waals surface area contributed by atoms with Crippen molar-refractivity contribution in [2.75, 3.05) is 38.7 Å². The molecule has 1 saturated heterocycles. The van der Waals surface area contributed by atoms with E-state index in [4.69, 9.17) is 18.6 Å². The summed E-state index contributed by atoms with van der Waals surface area (Å²) in [5.74, 6) is 1.53. The summed E-state index contributed by atoms with van der Waals surface area (Å²) in [5, 5.41) is 2.70. The molecule has 4 rings (SSSR count). The Morgan fingerprint density at radius 2 is 1.64 bits per heavy atom. The number of amides is 1. The molecule has 1 aromatic heterocycles. The SMILES string of the molecule is COc1ccc(OCc2ccc(C(=O)Nc3ccc(S(=O)(=O)N4CCOCC4)cc3)o2)cc1. The van der Waals surface area contributed by atoms with Crippen molar-refractivity contribution in [1.82, 2.24) is 4.31 Å². The third-order valence-electron chi connectivity index (χ3n) is 5.05. The quantitative estimate of drug-likeness (QED) is 0.537. The summed E-state index contributed by atoms with van der Waals surface area (Å²) in [5.41, 5.74) is 0.452. The minimum atomic E-state index is -3.59. The highest BCUT2D eigenvalue weighted by atomic mass is 32.2. The Labute approximate surface area is 191 Å². The first-order valence-corrected chi connectivity index (χ1v) is 11.7. The van der Waals surface area contributed by atoms with Crippen molar-refractivity contribution in [1.29, 1.82) is 0 Å². The zero-order valence-corrected chi connectivity index (χ0v) is 18.8. The number of sulfonamides is 1. The minimum Gasteiger partial charge on any atom is -0.497 e. The lowest BCUT2D eigenvalue weighted by atomic mass is 10.3. The van der Waals surface area contributed by atoms with E-state index in [-0.39, 0.29) is 17.3 Å². The number of nitrogens with zero attached hydrogens (tertiary/aromatic N) is 1. The van der Waals surface area contributed by atoms with Gasteiger partial charge in [-0.1, -0.05) is 0 Å². The van der Waals surface area contributed by atoms with Gasteiger partial charge < -0.3 is 23.9 Å². The van der Waals surface area contributed by atoms with Crippen LogP contribution in [0.2, 0.25) is 0 Å². The first-order valence-electron chi connectivity index (χ1n) is 10.3. The molecule has 1 N–H and O–H groups in total. The fourth-order valence-electron chi connectivity index (χ4n) is 3.24. The zero-order chi connectivity index (χ0) is 23.3. The maximum absolute atomic E-state index is 12.7. The number of hydrogen-bond donors (Lipinski definition) is 1. The number of benzene rings is 2. The van der Waals surface area contributed by atoms with Crippen LogP contribution in [0, 0.1) is 0 Å². The molecule has 10 heteroatoms. The molecule has 0 radical (unpaired) electrons. The topological polar surface area (TPSA) is 107 Å². The van der Waals surface area contributed by atoms with Gasteiger partial charge in [0.2, 0.25) is 10.0 Å². The van der Waals surface area contributed by atoms with Crippen LogP contribution in [0.1, 0.15) is 16.3 Å². The molecule has 2 heterocycles. The Kier molecular flexibility index (Phi) is 6.97. The van der Waals surface area contributed by atoms with Crippen molar-refractivity contribution in [2.45, 2.75) is 11.5 Å². The Bertz CT molecular complexity index is 1180. The molecule has 1 fully saturated rings. The normalized spacial score (nSPS) is 14.6. The standard InChI is InChI=1S/C23H24N2O7S/c1-29-18-4-6-19(7-5-18)31-16-20-8-11-22(32-20)23(26)24-17-2-9-21(10-3-17)33(27,28)25-12-14-30-15-13-25/h2-11H,12-16H2,1H3,(H,24,26). The highest BCUT2D eigenvalue weighted by molar-refractivity contribution is 7.89. The lowest BCUT2D eigenvalue weighted by Crippen LogP contribution is -2.40. The predicted molar refractivity (Wildman–Crippen MR) is 120 cm³/mol. The number of ether oxygens (including phenoxy) is 3. The maximum Gasteiger partial charge on any atom is 0.291 e. The van der Waals surface area contributed by atoms with E-state index >= 15 is 0 Å². The van der Waals surface area contributed by atoms with Crippen molar-refractivity contribution >= 4 is 21.6 Å². The van der Waals surface area contributed by atoms with Gasteiger partial charge in [0, 0.05) is 18.8 Å². The first-order chi connectivity index (χ1) is 16.0. The largest absolute Gasteiger partial charge is 0.497 e. The van der Waals surface area contributed by atoms with Gasteiger partial charge in [-0.3, -0.25) is 4.79 Å². The van der Waals surface area contributed by atoms with E-state index in [2.05, 4.69) is 5.32 Å². The van der Waals surface area contributed by atoms with Gasteiger partial charge in [0.05, 0.1) is 25.2 Å². The number of carbonyl (C=O) groups is 1. The Morgan fingerprint density at radius 3 is 2.30 bits per heavy atom. The fraction of sp³-hybridized carbons (Fsp3) is 0.261. The van der Waals surface area contributed by atoms with Crippen molar-refractivity contribution in [3.05, 3.63) is 72.2 Å². The van der Waals surface area contributed by atoms with Gasteiger partial charge in [0.25, 0.3) is 5.91 Å². The fourth-order valence-corrected chi connectivity index (χ4v) is 4.65. The van der Waals surface area contributed by atoms with Gasteiger partial charge in [-0.15, -0.1) is 0 Å². The molecule has 0 spiro atoms. The van der Waals surface area contributed by atoms with Crippen LogP contribution in [0.25, 0.3) is 0 Å². The van der Waals surface area contributed by atoms with Crippen LogP contribution in [0.5, 0.6) is 11.5 Å². The van der Waals surface area contributed by atoms with Crippen LogP contribution in [0.4, 0.5) is 5.69 Å². The summed E-state index contributed by atoms with van der Waals surface area (Å²) in [7, 11) is -2.00. The highest BCUT2D eigenvalue weighted by Gasteiger charge is 2.26. The van der Waals surface area contributed by atoms with E-state index in [0.29, 0.717) is 43.5 Å². The molecule has 1 aliphatic heterocycles. The van der Waals surface area contributed by atoms with Crippen molar-refractivity contribution < 1.29 is 31.8 Å². The second kappa shape index (κ2) is 10.1. The average Bonchev–Trinajstić information content (AvgIpc) is 3.33. The Balaban J connectivity index is 1.34. The smallest absolute Gasteiger partial charge is 0.291 e. The molecule has 0 atom stereocenters. The van der Waals surface area contributed by atoms with Crippen LogP contribution in [-0.4, -0.2) is 52.0 Å². The molecule has 1 amide bonds. The number of methoxy groups -OCH3 is 1. The number of morpholine rings is 1. The van der Waals surface area contributed by atoms with Crippen molar-refractivity contribution in [2.24, 2.45) is 0 Å². The summed E-state index contributed by atoms with van der Waals surface area (Å²) < 4.78 is 48.3. The van der Waals surface area contributed by atoms with Crippen LogP contribution in [0.3, 0.4) is 0 Å². The lowest BCUT2D eigenvalue weighted by molar-refractivity contribution is 0.0730. The summed E-state index contributed by atoms with van der Waals surface area (Å²) in [6.07, 6.45) is 0. The van der Waals surface area contributed by atoms with Crippen LogP contribution < -0.4 is 14.8 Å². The van der Waals surface area contributed by atoms with Gasteiger partial charge in [0.15, 0.2) is 5.76 Å². The van der Waals surface area contributed by atoms with Crippen LogP contribution >= 0.6 is 0 Å². The summed E-state index contributed by atoms with van der Waals surface area (Å²) in [6.45, 7) is 1.56. The highest BCUT2D eigenvalue weighted by Crippen LogP contribution is 2.21. The molecule has 33 heavy (non-hydrogen) atoms. The van der Waals surface area contributed by atoms with E-state index in [1.807, 2.05) is 0 Å². The van der Waals surface area contributed by atoms with E-state index in [1.54, 1.807) is 55.6 Å². The van der Waals surface area contributed by atoms with Crippen molar-refractivity contribution in [3.63, 3.8) is 0 Å². The number of furan rings is 1. The third kappa shape index (κ3) is 5.54. The third-order valence-corrected chi connectivity index (χ3v) is 6.96. The number of rotatable bonds is 8. The molecule has 0 aliphatic carbocycles. The van der Waals surface area contributed by atoms with Gasteiger partial charge in [0.1, 0.15) is 23.9 Å². The first kappa shape index (κ1) is 22.8. The molecule has 2 aromatic carbocycles. The van der Waals surface area contributed by atoms with Gasteiger partial charge in [-0.2, -0.15) is 4.31 Å². The van der Waals surface area contributed by atoms with Crippen molar-refractivity contribution in [3.8, 4) is 11.5 Å². The van der Waals surface area contributed by atoms with Gasteiger partial charge in [-0.25, -0.2) is 8.42 Å². The second-order valence-electron chi connectivity index (χ2n) is 7.23. The molecule has 9 nitrogen and oxygen atoms in total. The number of hydrogen-bond acceptors (Lipinski definition) is 7. The number of nitrogens with one attached hydrogen (secondary N) is 1. The Morgan fingerprint density at radius 1 is 0.970 bits per heavy atom. The molecule has 0 saturated carbocycles. The van der Waals surface area contributed by atoms with E-state index in [9.17, 15) is 13.2 Å². The van der Waals surface area contributed by atoms with Gasteiger partial charge in [-0.05, 0) is 60.7 Å². The Hall–Kier alpha value is -3.34. The lowest BCUT2D eigenvalue weighted by Gasteiger charge is -2.26. The maximum atomic E-state index is 12.7. The average molecular weight is 473 g/mol. The van der Waals surface area contributed by atoms with E-state index in [0.717, 1.165) is 5.75 Å². The molecule has 1 aliphatic rings. The summed E-state index contributed by atoms with van der Waals surface area (Å²) in [4.78, 5) is 12.7. The molecule has 0 bridgehead atoms.